The molecule has 7 nitrogen and oxygen atoms in total. The maximum Gasteiger partial charge on any atom is 0.320 e. The molecule has 1 aromatic heterocycles. The average Bonchev–Trinajstić information content (AvgIpc) is 2.78. The third-order valence-electron chi connectivity index (χ3n) is 5.37. The van der Waals surface area contributed by atoms with Crippen LogP contribution in [-0.2, 0) is 11.2 Å². The molecule has 0 aliphatic rings. The van der Waals surface area contributed by atoms with E-state index in [2.05, 4.69) is 52.5 Å². The number of aliphatic carboxylic acids is 1. The second kappa shape index (κ2) is 9.03. The standard InChI is InChI=1S/C25H25N5O2/c1-15(19-11-10-17-4-2-3-5-20(17)13-19)28-23-14-22(27)29-24(30-23)18-8-6-16(7-9-18)12-21(26)25(31)32/h2-11,13-15,21H,12,26H2,1H3,(H,31,32)(H3,27,28,29,30)/t15-,21?/m1/s1. The van der Waals surface area contributed by atoms with Crippen molar-refractivity contribution in [1.82, 2.24) is 9.97 Å². The van der Waals surface area contributed by atoms with Crippen LogP contribution in [0.15, 0.2) is 72.8 Å². The number of anilines is 2. The van der Waals surface area contributed by atoms with E-state index in [0.29, 0.717) is 17.5 Å². The van der Waals surface area contributed by atoms with Gasteiger partial charge in [-0.05, 0) is 41.3 Å². The molecular weight excluding hydrogens is 402 g/mol. The number of rotatable bonds is 7. The van der Waals surface area contributed by atoms with Crippen LogP contribution in [0.3, 0.4) is 0 Å². The van der Waals surface area contributed by atoms with E-state index >= 15 is 0 Å². The van der Waals surface area contributed by atoms with Crippen LogP contribution in [0, 0.1) is 0 Å². The van der Waals surface area contributed by atoms with Gasteiger partial charge in [0.1, 0.15) is 17.7 Å². The molecule has 4 aromatic rings. The molecule has 0 amide bonds. The lowest BCUT2D eigenvalue weighted by molar-refractivity contribution is -0.138. The van der Waals surface area contributed by atoms with Gasteiger partial charge < -0.3 is 21.9 Å². The average molecular weight is 428 g/mol. The zero-order valence-corrected chi connectivity index (χ0v) is 17.7. The molecule has 1 heterocycles. The first-order chi connectivity index (χ1) is 15.4. The fraction of sp³-hybridized carbons (Fsp3) is 0.160. The van der Waals surface area contributed by atoms with Crippen LogP contribution >= 0.6 is 0 Å². The summed E-state index contributed by atoms with van der Waals surface area (Å²) in [4.78, 5) is 19.9. The molecule has 0 bridgehead atoms. The molecule has 32 heavy (non-hydrogen) atoms. The van der Waals surface area contributed by atoms with E-state index < -0.39 is 12.0 Å². The van der Waals surface area contributed by atoms with Gasteiger partial charge in [-0.15, -0.1) is 0 Å². The predicted molar refractivity (Wildman–Crippen MR) is 127 cm³/mol. The zero-order valence-electron chi connectivity index (χ0n) is 17.7. The van der Waals surface area contributed by atoms with Crippen LogP contribution in [-0.4, -0.2) is 27.1 Å². The molecule has 6 N–H and O–H groups in total. The summed E-state index contributed by atoms with van der Waals surface area (Å²) in [6.45, 7) is 2.07. The molecule has 0 aliphatic carbocycles. The molecule has 0 saturated heterocycles. The van der Waals surface area contributed by atoms with Crippen molar-refractivity contribution in [3.8, 4) is 11.4 Å². The topological polar surface area (TPSA) is 127 Å². The highest BCUT2D eigenvalue weighted by Gasteiger charge is 2.13. The number of carboxylic acids is 1. The van der Waals surface area contributed by atoms with Gasteiger partial charge in [-0.3, -0.25) is 4.79 Å². The summed E-state index contributed by atoms with van der Waals surface area (Å²) in [7, 11) is 0. The van der Waals surface area contributed by atoms with Gasteiger partial charge >= 0.3 is 5.97 Å². The summed E-state index contributed by atoms with van der Waals surface area (Å²) in [6, 6.07) is 22.8. The Morgan fingerprint density at radius 1 is 1.00 bits per heavy atom. The highest BCUT2D eigenvalue weighted by Crippen LogP contribution is 2.25. The van der Waals surface area contributed by atoms with Gasteiger partial charge in [-0.2, -0.15) is 0 Å². The van der Waals surface area contributed by atoms with E-state index in [1.54, 1.807) is 6.07 Å². The smallest absolute Gasteiger partial charge is 0.320 e. The quantitative estimate of drug-likeness (QED) is 0.351. The summed E-state index contributed by atoms with van der Waals surface area (Å²) >= 11 is 0. The van der Waals surface area contributed by atoms with Crippen molar-refractivity contribution in [2.45, 2.75) is 25.4 Å². The molecule has 2 atom stereocenters. The van der Waals surface area contributed by atoms with E-state index in [1.165, 1.54) is 10.8 Å². The molecular formula is C25H25N5O2. The van der Waals surface area contributed by atoms with Crippen LogP contribution in [0.1, 0.15) is 24.1 Å². The molecule has 0 aliphatic heterocycles. The number of nitrogen functional groups attached to an aromatic ring is 1. The second-order valence-corrected chi connectivity index (χ2v) is 7.82. The van der Waals surface area contributed by atoms with Crippen molar-refractivity contribution in [2.24, 2.45) is 5.73 Å². The third-order valence-corrected chi connectivity index (χ3v) is 5.37. The van der Waals surface area contributed by atoms with Gasteiger partial charge in [0.15, 0.2) is 5.82 Å². The Balaban J connectivity index is 1.53. The number of nitrogens with zero attached hydrogens (tertiary/aromatic N) is 2. The molecule has 0 fully saturated rings. The number of fused-ring (bicyclic) bond motifs is 1. The lowest BCUT2D eigenvalue weighted by Gasteiger charge is -2.16. The highest BCUT2D eigenvalue weighted by molar-refractivity contribution is 5.83. The summed E-state index contributed by atoms with van der Waals surface area (Å²) in [5.41, 5.74) is 14.4. The van der Waals surface area contributed by atoms with Crippen LogP contribution in [0.25, 0.3) is 22.2 Å². The Kier molecular flexibility index (Phi) is 6.00. The lowest BCUT2D eigenvalue weighted by atomic mass is 10.0. The number of nitrogens with one attached hydrogen (secondary N) is 1. The normalized spacial score (nSPS) is 12.9. The molecule has 3 aromatic carbocycles. The SMILES string of the molecule is C[C@@H](Nc1cc(N)nc(-c2ccc(CC(N)C(=O)O)cc2)n1)c1ccc2ccccc2c1. The minimum absolute atomic E-state index is 0.0154. The van der Waals surface area contributed by atoms with E-state index in [0.717, 1.165) is 16.7 Å². The van der Waals surface area contributed by atoms with Crippen molar-refractivity contribution in [1.29, 1.82) is 0 Å². The van der Waals surface area contributed by atoms with Crippen molar-refractivity contribution < 1.29 is 9.90 Å². The number of benzene rings is 3. The maximum atomic E-state index is 11.0. The van der Waals surface area contributed by atoms with Gasteiger partial charge in [0.05, 0.1) is 0 Å². The van der Waals surface area contributed by atoms with E-state index in [4.69, 9.17) is 16.6 Å². The lowest BCUT2D eigenvalue weighted by Crippen LogP contribution is -2.32. The Hall–Kier alpha value is -3.97. The summed E-state index contributed by atoms with van der Waals surface area (Å²) in [6.07, 6.45) is 0.253. The van der Waals surface area contributed by atoms with E-state index in [1.807, 2.05) is 36.4 Å². The Morgan fingerprint density at radius 2 is 1.72 bits per heavy atom. The van der Waals surface area contributed by atoms with Crippen LogP contribution in [0.4, 0.5) is 11.6 Å². The number of hydrogen-bond donors (Lipinski definition) is 4. The number of aromatic nitrogens is 2. The molecule has 4 rings (SSSR count). The fourth-order valence-electron chi connectivity index (χ4n) is 3.58. The van der Waals surface area contributed by atoms with Gasteiger partial charge in [-0.25, -0.2) is 9.97 Å². The van der Waals surface area contributed by atoms with Crippen molar-refractivity contribution in [2.75, 3.05) is 11.1 Å². The van der Waals surface area contributed by atoms with Crippen LogP contribution in [0.2, 0.25) is 0 Å². The Labute approximate surface area is 186 Å². The number of carbonyl (C=O) groups is 1. The molecule has 1 unspecified atom stereocenters. The van der Waals surface area contributed by atoms with E-state index in [-0.39, 0.29) is 12.5 Å². The largest absolute Gasteiger partial charge is 0.480 e. The first-order valence-corrected chi connectivity index (χ1v) is 10.4. The molecule has 0 saturated carbocycles. The molecule has 0 radical (unpaired) electrons. The fourth-order valence-corrected chi connectivity index (χ4v) is 3.58. The number of hydrogen-bond acceptors (Lipinski definition) is 6. The van der Waals surface area contributed by atoms with Crippen LogP contribution in [0.5, 0.6) is 0 Å². The Morgan fingerprint density at radius 3 is 2.44 bits per heavy atom. The maximum absolute atomic E-state index is 11.0. The second-order valence-electron chi connectivity index (χ2n) is 7.82. The van der Waals surface area contributed by atoms with Crippen molar-refractivity contribution >= 4 is 28.4 Å². The minimum Gasteiger partial charge on any atom is -0.480 e. The zero-order chi connectivity index (χ0) is 22.7. The monoisotopic (exact) mass is 427 g/mol. The first kappa shape index (κ1) is 21.3. The van der Waals surface area contributed by atoms with Gasteiger partial charge in [-0.1, -0.05) is 60.7 Å². The van der Waals surface area contributed by atoms with Gasteiger partial charge in [0.25, 0.3) is 0 Å². The van der Waals surface area contributed by atoms with Gasteiger partial charge in [0.2, 0.25) is 0 Å². The Bertz CT molecular complexity index is 1260. The molecule has 0 spiro atoms. The molecule has 7 heteroatoms. The minimum atomic E-state index is -1.02. The highest BCUT2D eigenvalue weighted by atomic mass is 16.4. The van der Waals surface area contributed by atoms with Crippen molar-refractivity contribution in [3.63, 3.8) is 0 Å². The van der Waals surface area contributed by atoms with Crippen molar-refractivity contribution in [3.05, 3.63) is 83.9 Å². The number of carboxylic acid groups (broad SMARTS) is 1. The first-order valence-electron chi connectivity index (χ1n) is 10.4. The molecule has 162 valence electrons. The number of nitrogens with two attached hydrogens (primary N) is 2. The summed E-state index contributed by atoms with van der Waals surface area (Å²) < 4.78 is 0. The summed E-state index contributed by atoms with van der Waals surface area (Å²) in [5.74, 6) is 0.460. The van der Waals surface area contributed by atoms with E-state index in [9.17, 15) is 4.79 Å². The summed E-state index contributed by atoms with van der Waals surface area (Å²) in [5, 5.41) is 14.8. The van der Waals surface area contributed by atoms with Crippen LogP contribution < -0.4 is 16.8 Å². The third kappa shape index (κ3) is 4.84. The predicted octanol–water partition coefficient (Wildman–Crippen LogP) is 4.01. The van der Waals surface area contributed by atoms with Gasteiger partial charge in [0, 0.05) is 17.7 Å².